The van der Waals surface area contributed by atoms with E-state index >= 15 is 0 Å². The summed E-state index contributed by atoms with van der Waals surface area (Å²) in [6.07, 6.45) is 2.38. The third-order valence-corrected chi connectivity index (χ3v) is 3.28. The summed E-state index contributed by atoms with van der Waals surface area (Å²) in [7, 11) is 0. The Bertz CT molecular complexity index is 402. The average Bonchev–Trinajstić information content (AvgIpc) is 2.33. The second kappa shape index (κ2) is 5.92. The van der Waals surface area contributed by atoms with Crippen molar-refractivity contribution in [2.24, 2.45) is 5.73 Å². The minimum absolute atomic E-state index is 0.0475. The van der Waals surface area contributed by atoms with Gasteiger partial charge in [0.25, 0.3) is 0 Å². The van der Waals surface area contributed by atoms with E-state index in [-0.39, 0.29) is 11.6 Å². The third-order valence-electron chi connectivity index (χ3n) is 3.28. The van der Waals surface area contributed by atoms with Crippen molar-refractivity contribution < 1.29 is 9.59 Å². The topological polar surface area (TPSA) is 60.2 Å². The van der Waals surface area contributed by atoms with E-state index in [1.54, 1.807) is 0 Å². The zero-order valence-electron chi connectivity index (χ0n) is 10.9. The van der Waals surface area contributed by atoms with Gasteiger partial charge < -0.3 is 5.73 Å². The van der Waals surface area contributed by atoms with Gasteiger partial charge in [-0.2, -0.15) is 0 Å². The van der Waals surface area contributed by atoms with Crippen LogP contribution in [-0.4, -0.2) is 18.1 Å². The fourth-order valence-corrected chi connectivity index (χ4v) is 2.44. The average molecular weight is 235 g/mol. The van der Waals surface area contributed by atoms with E-state index in [9.17, 15) is 9.59 Å². The lowest BCUT2D eigenvalue weighted by atomic mass is 9.80. The van der Waals surface area contributed by atoms with Crippen LogP contribution in [0.1, 0.15) is 46.5 Å². The molecular weight excluding hydrogens is 214 g/mol. The van der Waals surface area contributed by atoms with Crippen molar-refractivity contribution in [3.05, 3.63) is 22.3 Å². The standard InChI is InChI=1S/C14H21NO2/c1-4-9-10(5-2)14(17)12(7-8-15)11(6-3)13(9)16/h4-8,15H2,1-3H3. The summed E-state index contributed by atoms with van der Waals surface area (Å²) in [4.78, 5) is 24.6. The van der Waals surface area contributed by atoms with Crippen molar-refractivity contribution in [1.82, 2.24) is 0 Å². The summed E-state index contributed by atoms with van der Waals surface area (Å²) in [6, 6.07) is 0. The Morgan fingerprint density at radius 3 is 1.47 bits per heavy atom. The molecule has 0 bridgehead atoms. The first-order valence-corrected chi connectivity index (χ1v) is 6.35. The highest BCUT2D eigenvalue weighted by Gasteiger charge is 2.30. The van der Waals surface area contributed by atoms with Gasteiger partial charge in [-0.15, -0.1) is 0 Å². The number of carbonyl (C=O) groups is 2. The summed E-state index contributed by atoms with van der Waals surface area (Å²) in [6.45, 7) is 6.18. The fourth-order valence-electron chi connectivity index (χ4n) is 2.44. The Balaban J connectivity index is 3.31. The highest BCUT2D eigenvalue weighted by molar-refractivity contribution is 6.25. The Hall–Kier alpha value is -1.22. The molecule has 0 saturated carbocycles. The molecule has 17 heavy (non-hydrogen) atoms. The van der Waals surface area contributed by atoms with Crippen LogP contribution in [-0.2, 0) is 9.59 Å². The summed E-state index contributed by atoms with van der Waals surface area (Å²) >= 11 is 0. The number of hydrogen-bond acceptors (Lipinski definition) is 3. The van der Waals surface area contributed by atoms with Gasteiger partial charge in [0.2, 0.25) is 0 Å². The Kier molecular flexibility index (Phi) is 4.82. The maximum absolute atomic E-state index is 12.3. The van der Waals surface area contributed by atoms with Gasteiger partial charge in [-0.05, 0) is 32.2 Å². The van der Waals surface area contributed by atoms with E-state index in [2.05, 4.69) is 0 Å². The van der Waals surface area contributed by atoms with Crippen LogP contribution >= 0.6 is 0 Å². The minimum Gasteiger partial charge on any atom is -0.330 e. The largest absolute Gasteiger partial charge is 0.330 e. The number of rotatable bonds is 5. The van der Waals surface area contributed by atoms with Crippen molar-refractivity contribution in [3.63, 3.8) is 0 Å². The summed E-state index contributed by atoms with van der Waals surface area (Å²) in [5.41, 5.74) is 8.24. The maximum atomic E-state index is 12.3. The highest BCUT2D eigenvalue weighted by atomic mass is 16.1. The van der Waals surface area contributed by atoms with Crippen LogP contribution in [0, 0.1) is 0 Å². The quantitative estimate of drug-likeness (QED) is 0.744. The van der Waals surface area contributed by atoms with Gasteiger partial charge in [0.1, 0.15) is 0 Å². The number of Topliss-reactive ketones (excluding diaryl/α,β-unsaturated/α-hetero) is 2. The van der Waals surface area contributed by atoms with E-state index in [1.165, 1.54) is 0 Å². The van der Waals surface area contributed by atoms with Crippen LogP contribution in [0.4, 0.5) is 0 Å². The van der Waals surface area contributed by atoms with Crippen LogP contribution in [0.3, 0.4) is 0 Å². The monoisotopic (exact) mass is 235 g/mol. The molecule has 0 amide bonds. The van der Waals surface area contributed by atoms with Crippen molar-refractivity contribution >= 4 is 11.6 Å². The number of carbonyl (C=O) groups excluding carboxylic acids is 2. The first-order chi connectivity index (χ1) is 8.12. The Morgan fingerprint density at radius 2 is 1.12 bits per heavy atom. The van der Waals surface area contributed by atoms with Crippen LogP contribution in [0.15, 0.2) is 22.3 Å². The second-order valence-electron chi connectivity index (χ2n) is 4.17. The van der Waals surface area contributed by atoms with Crippen LogP contribution in [0.2, 0.25) is 0 Å². The minimum atomic E-state index is 0.0475. The Labute approximate surface area is 103 Å². The molecule has 94 valence electrons. The van der Waals surface area contributed by atoms with Gasteiger partial charge in [0.15, 0.2) is 11.6 Å². The normalized spacial score (nSPS) is 17.2. The van der Waals surface area contributed by atoms with Crippen molar-refractivity contribution in [1.29, 1.82) is 0 Å². The number of nitrogens with two attached hydrogens (primary N) is 1. The van der Waals surface area contributed by atoms with Gasteiger partial charge in [-0.1, -0.05) is 20.8 Å². The second-order valence-corrected chi connectivity index (χ2v) is 4.17. The lowest BCUT2D eigenvalue weighted by Gasteiger charge is -2.22. The van der Waals surface area contributed by atoms with Crippen molar-refractivity contribution in [3.8, 4) is 0 Å². The Morgan fingerprint density at radius 1 is 0.765 bits per heavy atom. The van der Waals surface area contributed by atoms with E-state index in [1.807, 2.05) is 20.8 Å². The van der Waals surface area contributed by atoms with Crippen LogP contribution in [0.5, 0.6) is 0 Å². The molecule has 0 fully saturated rings. The number of ketones is 2. The first kappa shape index (κ1) is 13.8. The molecule has 2 N–H and O–H groups in total. The molecule has 0 aromatic carbocycles. The van der Waals surface area contributed by atoms with E-state index in [4.69, 9.17) is 5.73 Å². The molecule has 3 nitrogen and oxygen atoms in total. The lowest BCUT2D eigenvalue weighted by molar-refractivity contribution is -0.117. The molecule has 3 heteroatoms. The SMILES string of the molecule is CCC1=C(CC)C(=O)C(CCN)=C(CC)C1=O. The van der Waals surface area contributed by atoms with Gasteiger partial charge >= 0.3 is 0 Å². The molecule has 0 saturated heterocycles. The molecule has 1 aliphatic carbocycles. The predicted octanol–water partition coefficient (Wildman–Crippen LogP) is 2.31. The van der Waals surface area contributed by atoms with Crippen molar-refractivity contribution in [2.45, 2.75) is 46.5 Å². The van der Waals surface area contributed by atoms with Gasteiger partial charge in [-0.25, -0.2) is 0 Å². The summed E-state index contributed by atoms with van der Waals surface area (Å²) in [5.74, 6) is 0.112. The lowest BCUT2D eigenvalue weighted by Crippen LogP contribution is -2.25. The molecule has 0 aromatic heterocycles. The van der Waals surface area contributed by atoms with Crippen LogP contribution in [0.25, 0.3) is 0 Å². The fraction of sp³-hybridized carbons (Fsp3) is 0.571. The number of hydrogen-bond donors (Lipinski definition) is 1. The van der Waals surface area contributed by atoms with Gasteiger partial charge in [-0.3, -0.25) is 9.59 Å². The van der Waals surface area contributed by atoms with E-state index < -0.39 is 0 Å². The van der Waals surface area contributed by atoms with Gasteiger partial charge in [0, 0.05) is 22.3 Å². The summed E-state index contributed by atoms with van der Waals surface area (Å²) < 4.78 is 0. The molecule has 0 unspecified atom stereocenters. The zero-order valence-corrected chi connectivity index (χ0v) is 10.9. The number of allylic oxidation sites excluding steroid dienone is 3. The molecule has 0 aliphatic heterocycles. The van der Waals surface area contributed by atoms with Crippen LogP contribution < -0.4 is 5.73 Å². The molecule has 0 atom stereocenters. The molecule has 0 aromatic rings. The molecular formula is C14H21NO2. The predicted molar refractivity (Wildman–Crippen MR) is 68.6 cm³/mol. The molecule has 1 rings (SSSR count). The molecule has 0 heterocycles. The van der Waals surface area contributed by atoms with E-state index in [0.717, 1.165) is 0 Å². The molecule has 0 radical (unpaired) electrons. The third kappa shape index (κ3) is 2.39. The summed E-state index contributed by atoms with van der Waals surface area (Å²) in [5, 5.41) is 0. The van der Waals surface area contributed by atoms with E-state index in [0.29, 0.717) is 54.5 Å². The molecule has 1 aliphatic rings. The smallest absolute Gasteiger partial charge is 0.185 e. The highest BCUT2D eigenvalue weighted by Crippen LogP contribution is 2.31. The molecule has 0 spiro atoms. The zero-order chi connectivity index (χ0) is 13.0. The van der Waals surface area contributed by atoms with Crippen molar-refractivity contribution in [2.75, 3.05) is 6.54 Å². The van der Waals surface area contributed by atoms with Gasteiger partial charge in [0.05, 0.1) is 0 Å². The maximum Gasteiger partial charge on any atom is 0.185 e. The first-order valence-electron chi connectivity index (χ1n) is 6.35.